The van der Waals surface area contributed by atoms with Crippen LogP contribution in [0.25, 0.3) is 5.69 Å². The van der Waals surface area contributed by atoms with Gasteiger partial charge in [0.25, 0.3) is 5.91 Å². The zero-order valence-electron chi connectivity index (χ0n) is 14.3. The summed E-state index contributed by atoms with van der Waals surface area (Å²) in [6, 6.07) is 11.7. The molecule has 1 aliphatic heterocycles. The summed E-state index contributed by atoms with van der Waals surface area (Å²) in [6.45, 7) is 3.63. The van der Waals surface area contributed by atoms with Gasteiger partial charge in [-0.3, -0.25) is 9.36 Å². The standard InChI is InChI=1S/C19H16N6O/c1-11-15(9-20)17(16(10-21)12(2)24-11)13-4-3-5-14(8-13)25-7-6-23-19(25)18(22)26/h3-8,17,24H,1-2H3,(H2,22,26). The predicted octanol–water partition coefficient (Wildman–Crippen LogP) is 2.25. The van der Waals surface area contributed by atoms with Gasteiger partial charge < -0.3 is 11.1 Å². The minimum Gasteiger partial charge on any atom is -0.363 e. The summed E-state index contributed by atoms with van der Waals surface area (Å²) in [5.41, 5.74) is 9.25. The maximum atomic E-state index is 11.6. The van der Waals surface area contributed by atoms with Crippen LogP contribution in [-0.2, 0) is 0 Å². The van der Waals surface area contributed by atoms with Crippen molar-refractivity contribution < 1.29 is 4.79 Å². The van der Waals surface area contributed by atoms with Crippen molar-refractivity contribution >= 4 is 5.91 Å². The molecule has 1 amide bonds. The van der Waals surface area contributed by atoms with E-state index in [9.17, 15) is 15.3 Å². The lowest BCUT2D eigenvalue weighted by molar-refractivity contribution is 0.0989. The van der Waals surface area contributed by atoms with Crippen molar-refractivity contribution in [1.82, 2.24) is 14.9 Å². The molecule has 7 heteroatoms. The summed E-state index contributed by atoms with van der Waals surface area (Å²) in [5.74, 6) is -0.983. The van der Waals surface area contributed by atoms with Crippen molar-refractivity contribution in [3.63, 3.8) is 0 Å². The largest absolute Gasteiger partial charge is 0.363 e. The quantitative estimate of drug-likeness (QED) is 0.884. The molecular formula is C19H16N6O. The van der Waals surface area contributed by atoms with E-state index in [1.54, 1.807) is 10.8 Å². The monoisotopic (exact) mass is 344 g/mol. The third-order valence-electron chi connectivity index (χ3n) is 4.34. The van der Waals surface area contributed by atoms with Crippen molar-refractivity contribution in [2.24, 2.45) is 5.73 Å². The fraction of sp³-hybridized carbons (Fsp3) is 0.158. The second kappa shape index (κ2) is 6.58. The molecule has 3 rings (SSSR count). The molecule has 0 saturated heterocycles. The Morgan fingerprint density at radius 2 is 1.88 bits per heavy atom. The Kier molecular flexibility index (Phi) is 4.30. The van der Waals surface area contributed by atoms with Gasteiger partial charge in [0.2, 0.25) is 5.82 Å². The molecule has 3 N–H and O–H groups in total. The Hall–Kier alpha value is -3.84. The number of nitrogens with two attached hydrogens (primary N) is 1. The lowest BCUT2D eigenvalue weighted by Gasteiger charge is -2.26. The number of dihydropyridines is 1. The van der Waals surface area contributed by atoms with E-state index in [2.05, 4.69) is 22.4 Å². The van der Waals surface area contributed by atoms with Crippen LogP contribution in [-0.4, -0.2) is 15.5 Å². The summed E-state index contributed by atoms with van der Waals surface area (Å²) >= 11 is 0. The van der Waals surface area contributed by atoms with Gasteiger partial charge in [-0.05, 0) is 31.5 Å². The Morgan fingerprint density at radius 1 is 1.23 bits per heavy atom. The van der Waals surface area contributed by atoms with Gasteiger partial charge in [0.15, 0.2) is 0 Å². The van der Waals surface area contributed by atoms with Crippen LogP contribution in [0.1, 0.15) is 35.9 Å². The number of rotatable bonds is 3. The first kappa shape index (κ1) is 17.0. The minimum atomic E-state index is -0.635. The molecule has 0 saturated carbocycles. The number of aromatic nitrogens is 2. The first-order valence-corrected chi connectivity index (χ1v) is 7.90. The molecule has 7 nitrogen and oxygen atoms in total. The highest BCUT2D eigenvalue weighted by Gasteiger charge is 2.29. The van der Waals surface area contributed by atoms with Gasteiger partial charge in [-0.2, -0.15) is 10.5 Å². The summed E-state index contributed by atoms with van der Waals surface area (Å²) in [7, 11) is 0. The smallest absolute Gasteiger partial charge is 0.285 e. The van der Waals surface area contributed by atoms with E-state index in [0.717, 1.165) is 17.0 Å². The first-order chi connectivity index (χ1) is 12.5. The molecule has 0 unspecified atom stereocenters. The molecular weight excluding hydrogens is 328 g/mol. The SMILES string of the molecule is CC1=C(C#N)C(c2cccc(-n3ccnc3C(N)=O)c2)C(C#N)=C(C)N1. The van der Waals surface area contributed by atoms with E-state index in [-0.39, 0.29) is 5.82 Å². The number of carbonyl (C=O) groups excluding carboxylic acids is 1. The lowest BCUT2D eigenvalue weighted by atomic mass is 9.81. The predicted molar refractivity (Wildman–Crippen MR) is 94.6 cm³/mol. The summed E-state index contributed by atoms with van der Waals surface area (Å²) < 4.78 is 1.58. The molecule has 2 aromatic rings. The highest BCUT2D eigenvalue weighted by atomic mass is 16.1. The summed E-state index contributed by atoms with van der Waals surface area (Å²) in [6.07, 6.45) is 3.13. The average Bonchev–Trinajstić information content (AvgIpc) is 3.11. The Bertz CT molecular complexity index is 1010. The topological polar surface area (TPSA) is 121 Å². The summed E-state index contributed by atoms with van der Waals surface area (Å²) in [4.78, 5) is 15.5. The lowest BCUT2D eigenvalue weighted by Crippen LogP contribution is -2.23. The molecule has 1 aromatic carbocycles. The molecule has 0 spiro atoms. The van der Waals surface area contributed by atoms with Crippen LogP contribution >= 0.6 is 0 Å². The number of nitrogens with zero attached hydrogens (tertiary/aromatic N) is 4. The number of nitrogens with one attached hydrogen (secondary N) is 1. The zero-order chi connectivity index (χ0) is 18.8. The van der Waals surface area contributed by atoms with E-state index < -0.39 is 11.8 Å². The van der Waals surface area contributed by atoms with Crippen molar-refractivity contribution in [3.05, 3.63) is 70.6 Å². The van der Waals surface area contributed by atoms with Gasteiger partial charge in [-0.25, -0.2) is 4.98 Å². The molecule has 0 aliphatic carbocycles. The van der Waals surface area contributed by atoms with Crippen molar-refractivity contribution in [2.75, 3.05) is 0 Å². The van der Waals surface area contributed by atoms with Crippen LogP contribution in [0.15, 0.2) is 59.2 Å². The molecule has 1 aliphatic rings. The molecule has 2 heterocycles. The van der Waals surface area contributed by atoms with E-state index in [1.807, 2.05) is 38.1 Å². The third-order valence-corrected chi connectivity index (χ3v) is 4.34. The Morgan fingerprint density at radius 3 is 2.46 bits per heavy atom. The van der Waals surface area contributed by atoms with Crippen LogP contribution < -0.4 is 11.1 Å². The Balaban J connectivity index is 2.17. The van der Waals surface area contributed by atoms with Crippen molar-refractivity contribution in [2.45, 2.75) is 19.8 Å². The van der Waals surface area contributed by atoms with Gasteiger partial charge in [0, 0.05) is 29.5 Å². The van der Waals surface area contributed by atoms with Gasteiger partial charge in [0.1, 0.15) is 0 Å². The van der Waals surface area contributed by atoms with Crippen LogP contribution in [0, 0.1) is 22.7 Å². The molecule has 1 aromatic heterocycles. The van der Waals surface area contributed by atoms with E-state index >= 15 is 0 Å². The number of hydrogen-bond acceptors (Lipinski definition) is 5. The van der Waals surface area contributed by atoms with Crippen LogP contribution in [0.5, 0.6) is 0 Å². The second-order valence-electron chi connectivity index (χ2n) is 5.94. The van der Waals surface area contributed by atoms with Gasteiger partial charge >= 0.3 is 0 Å². The number of carbonyl (C=O) groups is 1. The first-order valence-electron chi connectivity index (χ1n) is 7.90. The average molecular weight is 344 g/mol. The Labute approximate surface area is 150 Å². The maximum absolute atomic E-state index is 11.6. The summed E-state index contributed by atoms with van der Waals surface area (Å²) in [5, 5.41) is 22.3. The number of imidazole rings is 1. The zero-order valence-corrected chi connectivity index (χ0v) is 14.3. The minimum absolute atomic E-state index is 0.118. The molecule has 128 valence electrons. The fourth-order valence-corrected chi connectivity index (χ4v) is 3.17. The van der Waals surface area contributed by atoms with Crippen molar-refractivity contribution in [3.8, 4) is 17.8 Å². The van der Waals surface area contributed by atoms with Crippen LogP contribution in [0.4, 0.5) is 0 Å². The second-order valence-corrected chi connectivity index (χ2v) is 5.94. The third kappa shape index (κ3) is 2.72. The van der Waals surface area contributed by atoms with Crippen LogP contribution in [0.2, 0.25) is 0 Å². The van der Waals surface area contributed by atoms with Crippen LogP contribution in [0.3, 0.4) is 0 Å². The molecule has 0 radical (unpaired) electrons. The molecule has 0 bridgehead atoms. The van der Waals surface area contributed by atoms with Crippen molar-refractivity contribution in [1.29, 1.82) is 10.5 Å². The van der Waals surface area contributed by atoms with Gasteiger partial charge in [0.05, 0.1) is 29.2 Å². The molecule has 0 fully saturated rings. The maximum Gasteiger partial charge on any atom is 0.285 e. The number of hydrogen-bond donors (Lipinski definition) is 2. The highest BCUT2D eigenvalue weighted by Crippen LogP contribution is 2.37. The molecule has 0 atom stereocenters. The van der Waals surface area contributed by atoms with Gasteiger partial charge in [-0.15, -0.1) is 0 Å². The number of benzene rings is 1. The molecule has 26 heavy (non-hydrogen) atoms. The van der Waals surface area contributed by atoms with Gasteiger partial charge in [-0.1, -0.05) is 12.1 Å². The highest BCUT2D eigenvalue weighted by molar-refractivity contribution is 5.89. The van der Waals surface area contributed by atoms with E-state index in [4.69, 9.17) is 5.73 Å². The number of amides is 1. The number of primary amides is 1. The van der Waals surface area contributed by atoms with E-state index in [1.165, 1.54) is 6.20 Å². The normalized spacial score (nSPS) is 14.6. The fourth-order valence-electron chi connectivity index (χ4n) is 3.17. The number of allylic oxidation sites excluding steroid dienone is 4. The van der Waals surface area contributed by atoms with E-state index in [0.29, 0.717) is 16.8 Å². The number of nitriles is 2.